The Morgan fingerprint density at radius 2 is 1.68 bits per heavy atom. The largest absolute Gasteiger partial charge is 0.497 e. The average molecular weight is 383 g/mol. The van der Waals surface area contributed by atoms with Gasteiger partial charge in [0.15, 0.2) is 0 Å². The summed E-state index contributed by atoms with van der Waals surface area (Å²) in [6, 6.07) is 12.5. The fourth-order valence-corrected chi connectivity index (χ4v) is 2.66. The Morgan fingerprint density at radius 1 is 1.00 bits per heavy atom. The van der Waals surface area contributed by atoms with Gasteiger partial charge in [-0.2, -0.15) is 4.98 Å². The first-order valence-corrected chi connectivity index (χ1v) is 8.62. The molecule has 0 saturated carbocycles. The van der Waals surface area contributed by atoms with E-state index in [4.69, 9.17) is 18.7 Å². The molecule has 0 aliphatic heterocycles. The quantitative estimate of drug-likeness (QED) is 0.639. The summed E-state index contributed by atoms with van der Waals surface area (Å²) < 4.78 is 20.9. The second-order valence-corrected chi connectivity index (χ2v) is 5.78. The molecule has 0 saturated heterocycles. The van der Waals surface area contributed by atoms with E-state index in [9.17, 15) is 4.79 Å². The molecule has 0 atom stereocenters. The molecule has 8 heteroatoms. The molecule has 1 amide bonds. The third-order valence-corrected chi connectivity index (χ3v) is 4.10. The Labute approximate surface area is 162 Å². The minimum atomic E-state index is -0.302. The zero-order valence-electron chi connectivity index (χ0n) is 15.9. The second-order valence-electron chi connectivity index (χ2n) is 5.78. The summed E-state index contributed by atoms with van der Waals surface area (Å²) in [6.45, 7) is 0.324. The Hall–Kier alpha value is -3.55. The second kappa shape index (κ2) is 8.90. The highest BCUT2D eigenvalue weighted by Gasteiger charge is 2.18. The van der Waals surface area contributed by atoms with Gasteiger partial charge in [0.2, 0.25) is 11.7 Å². The maximum atomic E-state index is 12.5. The lowest BCUT2D eigenvalue weighted by Crippen LogP contribution is -2.26. The molecule has 146 valence electrons. The molecule has 0 fully saturated rings. The first kappa shape index (κ1) is 19.2. The highest BCUT2D eigenvalue weighted by molar-refractivity contribution is 5.99. The summed E-state index contributed by atoms with van der Waals surface area (Å²) >= 11 is 0. The molecule has 0 radical (unpaired) electrons. The number of methoxy groups -OCH3 is 3. The molecule has 0 spiro atoms. The van der Waals surface area contributed by atoms with E-state index in [-0.39, 0.29) is 5.91 Å². The van der Waals surface area contributed by atoms with E-state index in [0.29, 0.717) is 41.7 Å². The van der Waals surface area contributed by atoms with Gasteiger partial charge in [0.05, 0.1) is 21.3 Å². The third-order valence-electron chi connectivity index (χ3n) is 4.10. The van der Waals surface area contributed by atoms with Crippen molar-refractivity contribution in [2.45, 2.75) is 6.42 Å². The molecule has 3 aromatic rings. The van der Waals surface area contributed by atoms with Crippen molar-refractivity contribution in [3.63, 3.8) is 0 Å². The summed E-state index contributed by atoms with van der Waals surface area (Å²) in [7, 11) is 4.62. The van der Waals surface area contributed by atoms with Crippen LogP contribution in [0.5, 0.6) is 17.2 Å². The highest BCUT2D eigenvalue weighted by Crippen LogP contribution is 2.28. The lowest BCUT2D eigenvalue weighted by molar-refractivity contribution is 0.0947. The fourth-order valence-electron chi connectivity index (χ4n) is 2.66. The Morgan fingerprint density at radius 3 is 2.29 bits per heavy atom. The molecule has 0 unspecified atom stereocenters. The lowest BCUT2D eigenvalue weighted by Gasteiger charge is -2.12. The smallest absolute Gasteiger partial charge is 0.258 e. The molecule has 0 bridgehead atoms. The number of carbonyl (C=O) groups excluding carboxylic acids is 1. The molecule has 3 rings (SSSR count). The van der Waals surface area contributed by atoms with Crippen molar-refractivity contribution < 1.29 is 23.5 Å². The van der Waals surface area contributed by atoms with Gasteiger partial charge in [0.25, 0.3) is 5.91 Å². The summed E-state index contributed by atoms with van der Waals surface area (Å²) in [6.07, 6.45) is 0.395. The van der Waals surface area contributed by atoms with Crippen molar-refractivity contribution in [2.24, 2.45) is 0 Å². The Bertz CT molecular complexity index is 915. The van der Waals surface area contributed by atoms with Gasteiger partial charge in [-0.05, 0) is 36.4 Å². The van der Waals surface area contributed by atoms with E-state index in [0.717, 1.165) is 11.3 Å². The zero-order chi connectivity index (χ0) is 19.9. The number of rotatable bonds is 8. The third kappa shape index (κ3) is 4.22. The normalized spacial score (nSPS) is 10.4. The topological polar surface area (TPSA) is 95.7 Å². The summed E-state index contributed by atoms with van der Waals surface area (Å²) in [5.74, 6) is 2.24. The average Bonchev–Trinajstić information content (AvgIpc) is 3.21. The fraction of sp³-hybridized carbons (Fsp3) is 0.250. The van der Waals surface area contributed by atoms with Crippen LogP contribution in [-0.4, -0.2) is 43.9 Å². The van der Waals surface area contributed by atoms with Gasteiger partial charge in [0, 0.05) is 18.5 Å². The van der Waals surface area contributed by atoms with Gasteiger partial charge < -0.3 is 24.1 Å². The summed E-state index contributed by atoms with van der Waals surface area (Å²) in [5.41, 5.74) is 1.16. The lowest BCUT2D eigenvalue weighted by atomic mass is 10.1. The van der Waals surface area contributed by atoms with E-state index in [2.05, 4.69) is 15.5 Å². The molecule has 0 aliphatic carbocycles. The van der Waals surface area contributed by atoms with Gasteiger partial charge in [-0.3, -0.25) is 4.79 Å². The van der Waals surface area contributed by atoms with Crippen LogP contribution in [0.3, 0.4) is 0 Å². The number of ether oxygens (including phenoxy) is 3. The van der Waals surface area contributed by atoms with Crippen molar-refractivity contribution >= 4 is 5.91 Å². The van der Waals surface area contributed by atoms with E-state index in [1.54, 1.807) is 25.3 Å². The first-order chi connectivity index (χ1) is 13.7. The number of nitrogens with one attached hydrogen (secondary N) is 1. The van der Waals surface area contributed by atoms with Crippen LogP contribution >= 0.6 is 0 Å². The molecule has 1 aromatic heterocycles. The minimum absolute atomic E-state index is 0.302. The standard InChI is InChI=1S/C20H21N3O5/c1-25-14-9-7-13(8-10-14)19-22-17(28-23-19)11-12-21-20(24)18-15(26-2)5-4-6-16(18)27-3/h4-10H,11-12H2,1-3H3,(H,21,24). The van der Waals surface area contributed by atoms with Crippen LogP contribution in [0.15, 0.2) is 47.0 Å². The Balaban J connectivity index is 1.61. The number of carbonyl (C=O) groups is 1. The van der Waals surface area contributed by atoms with Gasteiger partial charge >= 0.3 is 0 Å². The van der Waals surface area contributed by atoms with Crippen LogP contribution < -0.4 is 19.5 Å². The van der Waals surface area contributed by atoms with Gasteiger partial charge in [-0.1, -0.05) is 11.2 Å². The molecule has 8 nitrogen and oxygen atoms in total. The van der Waals surface area contributed by atoms with Gasteiger partial charge in [-0.25, -0.2) is 0 Å². The summed E-state index contributed by atoms with van der Waals surface area (Å²) in [5, 5.41) is 6.79. The number of nitrogens with zero attached hydrogens (tertiary/aromatic N) is 2. The number of aromatic nitrogens is 2. The summed E-state index contributed by atoms with van der Waals surface area (Å²) in [4.78, 5) is 16.9. The molecule has 1 heterocycles. The van der Waals surface area contributed by atoms with Crippen LogP contribution in [0.1, 0.15) is 16.2 Å². The first-order valence-electron chi connectivity index (χ1n) is 8.62. The van der Waals surface area contributed by atoms with Crippen molar-refractivity contribution in [3.8, 4) is 28.6 Å². The van der Waals surface area contributed by atoms with Crippen LogP contribution in [0.25, 0.3) is 11.4 Å². The molecule has 0 aliphatic rings. The molecule has 28 heavy (non-hydrogen) atoms. The number of amides is 1. The van der Waals surface area contributed by atoms with Crippen molar-refractivity contribution in [1.82, 2.24) is 15.5 Å². The van der Waals surface area contributed by atoms with E-state index >= 15 is 0 Å². The van der Waals surface area contributed by atoms with Crippen LogP contribution in [-0.2, 0) is 6.42 Å². The van der Waals surface area contributed by atoms with Crippen molar-refractivity contribution in [1.29, 1.82) is 0 Å². The van der Waals surface area contributed by atoms with Gasteiger partial charge in [-0.15, -0.1) is 0 Å². The van der Waals surface area contributed by atoms with Crippen LogP contribution in [0.4, 0.5) is 0 Å². The number of hydrogen-bond acceptors (Lipinski definition) is 7. The van der Waals surface area contributed by atoms with Gasteiger partial charge in [0.1, 0.15) is 22.8 Å². The molecule has 2 aromatic carbocycles. The number of benzene rings is 2. The zero-order valence-corrected chi connectivity index (χ0v) is 15.9. The van der Waals surface area contributed by atoms with Crippen molar-refractivity contribution in [2.75, 3.05) is 27.9 Å². The molecular formula is C20H21N3O5. The molecule has 1 N–H and O–H groups in total. The predicted octanol–water partition coefficient (Wildman–Crippen LogP) is 2.73. The molecular weight excluding hydrogens is 362 g/mol. The Kier molecular flexibility index (Phi) is 6.11. The predicted molar refractivity (Wildman–Crippen MR) is 102 cm³/mol. The van der Waals surface area contributed by atoms with E-state index in [1.165, 1.54) is 14.2 Å². The minimum Gasteiger partial charge on any atom is -0.497 e. The maximum absolute atomic E-state index is 12.5. The van der Waals surface area contributed by atoms with Crippen LogP contribution in [0.2, 0.25) is 0 Å². The van der Waals surface area contributed by atoms with E-state index in [1.807, 2.05) is 24.3 Å². The van der Waals surface area contributed by atoms with Crippen molar-refractivity contribution in [3.05, 3.63) is 53.9 Å². The van der Waals surface area contributed by atoms with E-state index < -0.39 is 0 Å². The SMILES string of the molecule is COc1ccc(-c2noc(CCNC(=O)c3c(OC)cccc3OC)n2)cc1. The number of hydrogen-bond donors (Lipinski definition) is 1. The monoisotopic (exact) mass is 383 g/mol. The van der Waals surface area contributed by atoms with Crippen LogP contribution in [0, 0.1) is 0 Å². The highest BCUT2D eigenvalue weighted by atomic mass is 16.5. The maximum Gasteiger partial charge on any atom is 0.258 e.